The largest absolute Gasteiger partial charge is 0.477 e. The number of nitrogens with zero attached hydrogens (tertiary/aromatic N) is 7. The van der Waals surface area contributed by atoms with Gasteiger partial charge in [0.05, 0.1) is 24.4 Å². The Morgan fingerprint density at radius 1 is 1.21 bits per heavy atom. The number of hydrogen-bond donors (Lipinski definition) is 4. The van der Waals surface area contributed by atoms with Crippen molar-refractivity contribution in [2.24, 2.45) is 5.16 Å². The van der Waals surface area contributed by atoms with Crippen LogP contribution in [0.1, 0.15) is 33.8 Å². The van der Waals surface area contributed by atoms with E-state index in [1.807, 2.05) is 50.3 Å². The number of imidazole rings is 1. The number of anilines is 1. The topological polar surface area (TPSA) is 193 Å². The molecule has 7 rings (SSSR count). The number of β-lactam (4-membered cyclic amide) rings is 1. The van der Waals surface area contributed by atoms with Crippen molar-refractivity contribution < 1.29 is 33.7 Å². The Kier molecular flexibility index (Phi) is 8.67. The second-order valence-electron chi connectivity index (χ2n) is 11.3. The number of aliphatic carboxylic acids is 1. The fourth-order valence-electron chi connectivity index (χ4n) is 5.99. The Balaban J connectivity index is 1.04. The summed E-state index contributed by atoms with van der Waals surface area (Å²) in [5.74, 6) is -2.21. The van der Waals surface area contributed by atoms with Crippen LogP contribution in [0.2, 0.25) is 0 Å². The zero-order chi connectivity index (χ0) is 33.5. The molecule has 2 saturated heterocycles. The van der Waals surface area contributed by atoms with Crippen LogP contribution in [0.15, 0.2) is 57.9 Å². The first-order valence-electron chi connectivity index (χ1n) is 14.9. The molecule has 2 atom stereocenters. The number of nitrogens with two attached hydrogens (primary N) is 1. The minimum Gasteiger partial charge on any atom is -0.477 e. The molecule has 0 aliphatic carbocycles. The highest BCUT2D eigenvalue weighted by atomic mass is 32.2. The molecule has 16 nitrogen and oxygen atoms in total. The van der Waals surface area contributed by atoms with E-state index in [-0.39, 0.29) is 34.7 Å². The summed E-state index contributed by atoms with van der Waals surface area (Å²) in [6, 6.07) is 2.88. The lowest BCUT2D eigenvalue weighted by atomic mass is 10.0. The molecule has 0 bridgehead atoms. The summed E-state index contributed by atoms with van der Waals surface area (Å²) in [4.78, 5) is 62.6. The molecule has 3 aliphatic heterocycles. The summed E-state index contributed by atoms with van der Waals surface area (Å²) >= 11 is 4.02. The molecular formula is C29H31N10O6S3+. The van der Waals surface area contributed by atoms with Gasteiger partial charge in [0.15, 0.2) is 17.0 Å². The number of carbonyl (C=O) groups is 4. The Morgan fingerprint density at radius 2 is 2.02 bits per heavy atom. The second kappa shape index (κ2) is 13.1. The Hall–Kier alpha value is -4.72. The Labute approximate surface area is 285 Å². The molecule has 0 aromatic carbocycles. The van der Waals surface area contributed by atoms with E-state index >= 15 is 0 Å². The van der Waals surface area contributed by atoms with Gasteiger partial charge in [0.25, 0.3) is 17.7 Å². The number of carboxylic acid groups (broad SMARTS) is 1. The van der Waals surface area contributed by atoms with E-state index in [4.69, 9.17) is 10.6 Å². The summed E-state index contributed by atoms with van der Waals surface area (Å²) < 4.78 is 5.85. The number of nitrogen functional groups attached to an aromatic ring is 1. The monoisotopic (exact) mass is 711 g/mol. The molecule has 2 fully saturated rings. The Morgan fingerprint density at radius 3 is 2.75 bits per heavy atom. The number of nitrogens with one attached hydrogen (secondary N) is 2. The molecule has 0 spiro atoms. The van der Waals surface area contributed by atoms with Gasteiger partial charge in [-0.15, -0.1) is 39.0 Å². The van der Waals surface area contributed by atoms with Crippen molar-refractivity contribution >= 4 is 74.6 Å². The van der Waals surface area contributed by atoms with Crippen LogP contribution in [0.3, 0.4) is 0 Å². The number of fused-ring (bicyclic) bond motifs is 2. The number of thioether (sulfide) groups is 1. The lowest BCUT2D eigenvalue weighted by Gasteiger charge is -2.49. The van der Waals surface area contributed by atoms with Crippen molar-refractivity contribution in [2.45, 2.75) is 37.3 Å². The van der Waals surface area contributed by atoms with Crippen molar-refractivity contribution in [3.8, 4) is 0 Å². The number of amides is 3. The van der Waals surface area contributed by atoms with E-state index in [9.17, 15) is 24.3 Å². The zero-order valence-electron chi connectivity index (χ0n) is 25.6. The summed E-state index contributed by atoms with van der Waals surface area (Å²) in [5, 5.41) is 21.6. The van der Waals surface area contributed by atoms with Crippen LogP contribution in [0, 0.1) is 0 Å². The first-order chi connectivity index (χ1) is 23.2. The highest BCUT2D eigenvalue weighted by Crippen LogP contribution is 2.40. The van der Waals surface area contributed by atoms with Gasteiger partial charge in [-0.25, -0.2) is 24.0 Å². The fourth-order valence-corrected chi connectivity index (χ4v) is 8.74. The molecule has 0 unspecified atom stereocenters. The van der Waals surface area contributed by atoms with Crippen LogP contribution in [-0.2, 0) is 32.3 Å². The number of aromatic nitrogens is 4. The van der Waals surface area contributed by atoms with Gasteiger partial charge in [0.2, 0.25) is 0 Å². The summed E-state index contributed by atoms with van der Waals surface area (Å²) in [6.45, 7) is 2.53. The number of carbonyl (C=O) groups excluding carboxylic acids is 3. The fraction of sp³-hybridized carbons (Fsp3) is 0.345. The first kappa shape index (κ1) is 31.9. The van der Waals surface area contributed by atoms with E-state index in [1.165, 1.54) is 35.1 Å². The van der Waals surface area contributed by atoms with E-state index in [0.717, 1.165) is 47.8 Å². The third kappa shape index (κ3) is 5.93. The molecule has 250 valence electrons. The maximum Gasteiger partial charge on any atom is 0.352 e. The lowest BCUT2D eigenvalue weighted by Crippen LogP contribution is -2.71. The van der Waals surface area contributed by atoms with Gasteiger partial charge in [0, 0.05) is 34.5 Å². The number of hydrazine groups is 1. The molecule has 5 N–H and O–H groups in total. The minimum atomic E-state index is -1.22. The summed E-state index contributed by atoms with van der Waals surface area (Å²) in [5.41, 5.74) is 10.7. The van der Waals surface area contributed by atoms with Crippen LogP contribution < -0.4 is 21.0 Å². The Bertz CT molecular complexity index is 1990. The lowest BCUT2D eigenvalue weighted by molar-refractivity contribution is -0.661. The van der Waals surface area contributed by atoms with E-state index in [2.05, 4.69) is 25.4 Å². The molecule has 3 amide bonds. The number of thiazole rings is 1. The normalized spacial score (nSPS) is 19.8. The highest BCUT2D eigenvalue weighted by Gasteiger charge is 2.54. The molecule has 4 aromatic rings. The second-order valence-corrected chi connectivity index (χ2v) is 14.3. The van der Waals surface area contributed by atoms with Crippen molar-refractivity contribution in [2.75, 3.05) is 31.7 Å². The summed E-state index contributed by atoms with van der Waals surface area (Å²) in [7, 11) is 1.28. The van der Waals surface area contributed by atoms with Gasteiger partial charge in [-0.1, -0.05) is 5.16 Å². The van der Waals surface area contributed by atoms with Gasteiger partial charge in [0.1, 0.15) is 42.7 Å². The predicted octanol–water partition coefficient (Wildman–Crippen LogP) is 0.707. The molecule has 0 saturated carbocycles. The maximum absolute atomic E-state index is 13.3. The van der Waals surface area contributed by atoms with Gasteiger partial charge in [-0.3, -0.25) is 24.7 Å². The van der Waals surface area contributed by atoms with Crippen molar-refractivity contribution in [3.63, 3.8) is 0 Å². The van der Waals surface area contributed by atoms with Crippen molar-refractivity contribution in [1.29, 1.82) is 0 Å². The van der Waals surface area contributed by atoms with Crippen molar-refractivity contribution in [1.82, 2.24) is 34.8 Å². The number of carboxylic acids is 1. The van der Waals surface area contributed by atoms with Crippen LogP contribution in [0.25, 0.3) is 5.65 Å². The molecule has 48 heavy (non-hydrogen) atoms. The number of hydrogen-bond acceptors (Lipinski definition) is 12. The van der Waals surface area contributed by atoms with Gasteiger partial charge in [-0.2, -0.15) is 0 Å². The molecule has 3 aliphatic rings. The van der Waals surface area contributed by atoms with Crippen LogP contribution in [0.5, 0.6) is 0 Å². The number of oxime groups is 1. The quantitative estimate of drug-likeness (QED) is 0.0746. The third-order valence-corrected chi connectivity index (χ3v) is 11.2. The predicted molar refractivity (Wildman–Crippen MR) is 177 cm³/mol. The average molecular weight is 712 g/mol. The molecule has 19 heteroatoms. The molecule has 7 heterocycles. The van der Waals surface area contributed by atoms with Crippen LogP contribution in [0.4, 0.5) is 5.13 Å². The summed E-state index contributed by atoms with van der Waals surface area (Å²) in [6.07, 6.45) is 7.85. The third-order valence-electron chi connectivity index (χ3n) is 8.25. The van der Waals surface area contributed by atoms with Gasteiger partial charge in [-0.05, 0) is 24.5 Å². The minimum absolute atomic E-state index is 0.0903. The average Bonchev–Trinajstić information content (AvgIpc) is 3.91. The smallest absolute Gasteiger partial charge is 0.352 e. The van der Waals surface area contributed by atoms with Crippen LogP contribution in [-0.4, -0.2) is 96.0 Å². The van der Waals surface area contributed by atoms with Gasteiger partial charge < -0.3 is 21.0 Å². The van der Waals surface area contributed by atoms with Crippen LogP contribution >= 0.6 is 34.4 Å². The standard InChI is InChI=1S/C29H30N10O6S3/c1-45-34-21(19-15-48-29(30)31-19)25(41)32-22-26(42)39-23(28(43)44)17(14-47-27(22)39)11-37-7-4-20-35(8-9-38(20)37)12-18-10-16(13-46-18)24(40)33-36-5-2-3-6-36/h4,7-10,13,15,22,27H,2-3,5-6,11-12,14H2,1H3,(H4-,30,31,32,33,40,41,43,44)/p+1/b34-21-/t22-,27-/m1/s1. The molecule has 0 radical (unpaired) electrons. The van der Waals surface area contributed by atoms with E-state index < -0.39 is 29.2 Å². The maximum atomic E-state index is 13.3. The van der Waals surface area contributed by atoms with Gasteiger partial charge >= 0.3 is 11.6 Å². The zero-order valence-corrected chi connectivity index (χ0v) is 28.0. The number of rotatable bonds is 11. The van der Waals surface area contributed by atoms with E-state index in [0.29, 0.717) is 23.4 Å². The SMILES string of the molecule is CO/N=C(\C(=O)N[C@@H]1C(=O)N2C(C(=O)O)=C(Cn3ccc4n3cc[n+]4Cc3cc(C(=O)NN4CCCC4)cs3)CS[C@H]12)c1csc(N)n1. The van der Waals surface area contributed by atoms with Crippen molar-refractivity contribution in [3.05, 3.63) is 68.9 Å². The molecular weight excluding hydrogens is 681 g/mol. The highest BCUT2D eigenvalue weighted by molar-refractivity contribution is 8.00. The molecule has 4 aromatic heterocycles. The van der Waals surface area contributed by atoms with E-state index in [1.54, 1.807) is 5.38 Å². The first-order valence-corrected chi connectivity index (χ1v) is 17.7. The number of thiophene rings is 1.